The first-order chi connectivity index (χ1) is 10.6. The number of nitrogens with one attached hydrogen (secondary N) is 1. The zero-order chi connectivity index (χ0) is 16.1. The Morgan fingerprint density at radius 2 is 2.32 bits per heavy atom. The van der Waals surface area contributed by atoms with E-state index < -0.39 is 0 Å². The Morgan fingerprint density at radius 1 is 1.55 bits per heavy atom. The van der Waals surface area contributed by atoms with E-state index in [-0.39, 0.29) is 17.2 Å². The fourth-order valence-electron chi connectivity index (χ4n) is 2.97. The summed E-state index contributed by atoms with van der Waals surface area (Å²) in [6.45, 7) is 4.91. The molecule has 0 radical (unpaired) electrons. The van der Waals surface area contributed by atoms with Crippen LogP contribution in [-0.4, -0.2) is 48.7 Å². The molecule has 5 nitrogen and oxygen atoms in total. The Labute approximate surface area is 139 Å². The minimum Gasteiger partial charge on any atom is -0.507 e. The number of nitrogens with zero attached hydrogens (tertiary/aromatic N) is 1. The number of methoxy groups -OCH3 is 1. The quantitative estimate of drug-likeness (QED) is 0.807. The largest absolute Gasteiger partial charge is 0.507 e. The van der Waals surface area contributed by atoms with Crippen LogP contribution in [0, 0.1) is 0 Å². The number of likely N-dealkylation sites (tertiary alicyclic amines) is 1. The highest BCUT2D eigenvalue weighted by Crippen LogP contribution is 2.34. The highest BCUT2D eigenvalue weighted by atomic mass is 79.9. The number of halogens is 1. The maximum absolute atomic E-state index is 12.4. The van der Waals surface area contributed by atoms with Crippen LogP contribution in [0.1, 0.15) is 36.5 Å². The molecular formula is C16H23BrN2O3. The molecule has 1 heterocycles. The van der Waals surface area contributed by atoms with Crippen LogP contribution in [0.5, 0.6) is 11.5 Å². The number of phenols is 1. The first-order valence-electron chi connectivity index (χ1n) is 7.66. The SMILES string of the molecule is CCCN1CCCC1CNC(=O)c1c(O)ccc(Br)c1OC. The molecule has 1 aliphatic heterocycles. The maximum atomic E-state index is 12.4. The molecule has 2 N–H and O–H groups in total. The monoisotopic (exact) mass is 370 g/mol. The summed E-state index contributed by atoms with van der Waals surface area (Å²) in [4.78, 5) is 14.8. The topological polar surface area (TPSA) is 61.8 Å². The first-order valence-corrected chi connectivity index (χ1v) is 8.45. The van der Waals surface area contributed by atoms with Crippen molar-refractivity contribution < 1.29 is 14.6 Å². The lowest BCUT2D eigenvalue weighted by Gasteiger charge is -2.24. The summed E-state index contributed by atoms with van der Waals surface area (Å²) in [6, 6.07) is 3.52. The summed E-state index contributed by atoms with van der Waals surface area (Å²) in [6.07, 6.45) is 3.39. The molecule has 122 valence electrons. The van der Waals surface area contributed by atoms with Crippen LogP contribution in [0.3, 0.4) is 0 Å². The number of carbonyl (C=O) groups excluding carboxylic acids is 1. The predicted molar refractivity (Wildman–Crippen MR) is 89.6 cm³/mol. The number of aromatic hydroxyl groups is 1. The van der Waals surface area contributed by atoms with E-state index in [1.54, 1.807) is 6.07 Å². The predicted octanol–water partition coefficient (Wildman–Crippen LogP) is 2.77. The molecule has 0 aliphatic carbocycles. The Bertz CT molecular complexity index is 536. The van der Waals surface area contributed by atoms with E-state index in [0.717, 1.165) is 25.9 Å². The lowest BCUT2D eigenvalue weighted by molar-refractivity contribution is 0.0934. The molecule has 1 saturated heterocycles. The average molecular weight is 371 g/mol. The number of hydrogen-bond acceptors (Lipinski definition) is 4. The van der Waals surface area contributed by atoms with Gasteiger partial charge in [-0.2, -0.15) is 0 Å². The maximum Gasteiger partial charge on any atom is 0.258 e. The van der Waals surface area contributed by atoms with E-state index in [2.05, 4.69) is 33.1 Å². The lowest BCUT2D eigenvalue weighted by atomic mass is 10.1. The van der Waals surface area contributed by atoms with Crippen molar-refractivity contribution in [1.82, 2.24) is 10.2 Å². The van der Waals surface area contributed by atoms with Gasteiger partial charge in [-0.3, -0.25) is 9.69 Å². The molecule has 0 spiro atoms. The zero-order valence-corrected chi connectivity index (χ0v) is 14.6. The fraction of sp³-hybridized carbons (Fsp3) is 0.562. The third kappa shape index (κ3) is 3.73. The molecule has 2 rings (SSSR count). The molecule has 0 bridgehead atoms. The summed E-state index contributed by atoms with van der Waals surface area (Å²) in [5, 5.41) is 12.9. The second-order valence-electron chi connectivity index (χ2n) is 5.52. The van der Waals surface area contributed by atoms with Gasteiger partial charge in [-0.05, 0) is 60.4 Å². The molecule has 1 atom stereocenters. The number of carbonyl (C=O) groups is 1. The molecule has 1 aliphatic rings. The van der Waals surface area contributed by atoms with Gasteiger partial charge in [0.05, 0.1) is 11.6 Å². The van der Waals surface area contributed by atoms with E-state index in [9.17, 15) is 9.90 Å². The molecule has 1 aromatic rings. The molecule has 1 fully saturated rings. The van der Waals surface area contributed by atoms with Crippen molar-refractivity contribution in [3.8, 4) is 11.5 Å². The van der Waals surface area contributed by atoms with Gasteiger partial charge in [-0.15, -0.1) is 0 Å². The van der Waals surface area contributed by atoms with E-state index in [1.165, 1.54) is 19.6 Å². The number of benzene rings is 1. The summed E-state index contributed by atoms with van der Waals surface area (Å²) in [5.74, 6) is -0.0253. The van der Waals surface area contributed by atoms with Gasteiger partial charge >= 0.3 is 0 Å². The van der Waals surface area contributed by atoms with Crippen molar-refractivity contribution in [2.45, 2.75) is 32.2 Å². The van der Waals surface area contributed by atoms with E-state index >= 15 is 0 Å². The molecular weight excluding hydrogens is 348 g/mol. The van der Waals surface area contributed by atoms with E-state index in [1.807, 2.05) is 0 Å². The summed E-state index contributed by atoms with van der Waals surface area (Å²) in [7, 11) is 1.48. The fourth-order valence-corrected chi connectivity index (χ4v) is 3.46. The van der Waals surface area contributed by atoms with Crippen LogP contribution < -0.4 is 10.1 Å². The van der Waals surface area contributed by atoms with Crippen LogP contribution in [0.25, 0.3) is 0 Å². The number of ether oxygens (including phenoxy) is 1. The summed E-state index contributed by atoms with van der Waals surface area (Å²) in [5.41, 5.74) is 0.178. The Kier molecular flexibility index (Phi) is 6.08. The summed E-state index contributed by atoms with van der Waals surface area (Å²) >= 11 is 3.33. The van der Waals surface area contributed by atoms with Crippen LogP contribution in [-0.2, 0) is 0 Å². The molecule has 0 saturated carbocycles. The van der Waals surface area contributed by atoms with Gasteiger partial charge in [0.1, 0.15) is 17.1 Å². The second-order valence-corrected chi connectivity index (χ2v) is 6.37. The molecule has 1 amide bonds. The molecule has 1 aromatic carbocycles. The van der Waals surface area contributed by atoms with E-state index in [0.29, 0.717) is 22.8 Å². The Morgan fingerprint density at radius 3 is 3.00 bits per heavy atom. The third-order valence-electron chi connectivity index (χ3n) is 4.03. The van der Waals surface area contributed by atoms with Crippen LogP contribution in [0.4, 0.5) is 0 Å². The summed E-state index contributed by atoms with van der Waals surface area (Å²) < 4.78 is 5.88. The Balaban J connectivity index is 2.05. The van der Waals surface area contributed by atoms with Crippen molar-refractivity contribution in [3.63, 3.8) is 0 Å². The van der Waals surface area contributed by atoms with Crippen molar-refractivity contribution >= 4 is 21.8 Å². The van der Waals surface area contributed by atoms with Crippen molar-refractivity contribution in [3.05, 3.63) is 22.2 Å². The molecule has 1 unspecified atom stereocenters. The normalized spacial score (nSPS) is 18.4. The molecule has 22 heavy (non-hydrogen) atoms. The smallest absolute Gasteiger partial charge is 0.258 e. The van der Waals surface area contributed by atoms with Gasteiger partial charge in [0.2, 0.25) is 0 Å². The Hall–Kier alpha value is -1.27. The van der Waals surface area contributed by atoms with Gasteiger partial charge in [-0.25, -0.2) is 0 Å². The first kappa shape index (κ1) is 17.1. The number of rotatable bonds is 6. The highest BCUT2D eigenvalue weighted by molar-refractivity contribution is 9.10. The van der Waals surface area contributed by atoms with Crippen LogP contribution >= 0.6 is 15.9 Å². The van der Waals surface area contributed by atoms with Crippen molar-refractivity contribution in [1.29, 1.82) is 0 Å². The standard InChI is InChI=1S/C16H23BrN2O3/c1-3-8-19-9-4-5-11(19)10-18-16(21)14-13(20)7-6-12(17)15(14)22-2/h6-7,11,20H,3-5,8-10H2,1-2H3,(H,18,21). The molecule has 6 heteroatoms. The minimum absolute atomic E-state index is 0.0746. The van der Waals surface area contributed by atoms with Gasteiger partial charge in [0, 0.05) is 12.6 Å². The number of amides is 1. The van der Waals surface area contributed by atoms with Gasteiger partial charge in [0.25, 0.3) is 5.91 Å². The number of phenolic OH excluding ortho intramolecular Hbond substituents is 1. The van der Waals surface area contributed by atoms with Crippen molar-refractivity contribution in [2.24, 2.45) is 0 Å². The zero-order valence-electron chi connectivity index (χ0n) is 13.1. The average Bonchev–Trinajstić information content (AvgIpc) is 2.94. The minimum atomic E-state index is -0.306. The number of hydrogen-bond donors (Lipinski definition) is 2. The van der Waals surface area contributed by atoms with Crippen molar-refractivity contribution in [2.75, 3.05) is 26.7 Å². The second kappa shape index (κ2) is 7.83. The van der Waals surface area contributed by atoms with E-state index in [4.69, 9.17) is 4.74 Å². The van der Waals surface area contributed by atoms with Gasteiger partial charge in [-0.1, -0.05) is 6.92 Å². The third-order valence-corrected chi connectivity index (χ3v) is 4.65. The van der Waals surface area contributed by atoms with Crippen LogP contribution in [0.2, 0.25) is 0 Å². The van der Waals surface area contributed by atoms with Gasteiger partial charge < -0.3 is 15.2 Å². The lowest BCUT2D eigenvalue weighted by Crippen LogP contribution is -2.40. The molecule has 0 aromatic heterocycles. The highest BCUT2D eigenvalue weighted by Gasteiger charge is 2.25. The van der Waals surface area contributed by atoms with Gasteiger partial charge in [0.15, 0.2) is 0 Å². The van der Waals surface area contributed by atoms with Crippen LogP contribution in [0.15, 0.2) is 16.6 Å².